The number of amides is 1. The van der Waals surface area contributed by atoms with Crippen LogP contribution in [0.5, 0.6) is 0 Å². The maximum Gasteiger partial charge on any atom is 0.272 e. The highest BCUT2D eigenvalue weighted by molar-refractivity contribution is 6.39. The number of carbonyl (C=O) groups excluding carboxylic acids is 1. The number of allylic oxidation sites excluding steroid dienone is 1. The summed E-state index contributed by atoms with van der Waals surface area (Å²) in [6.07, 6.45) is 6.37. The Morgan fingerprint density at radius 3 is 2.67 bits per heavy atom. The Morgan fingerprint density at radius 2 is 2.04 bits per heavy atom. The van der Waals surface area contributed by atoms with Gasteiger partial charge < -0.3 is 10.1 Å². The van der Waals surface area contributed by atoms with Gasteiger partial charge in [-0.1, -0.05) is 6.58 Å². The van der Waals surface area contributed by atoms with E-state index < -0.39 is 0 Å². The third-order valence-corrected chi connectivity index (χ3v) is 3.59. The van der Waals surface area contributed by atoms with Crippen LogP contribution in [0.25, 0.3) is 0 Å². The van der Waals surface area contributed by atoms with Gasteiger partial charge in [0.05, 0.1) is 18.1 Å². The van der Waals surface area contributed by atoms with Crippen molar-refractivity contribution in [3.8, 4) is 0 Å². The van der Waals surface area contributed by atoms with Crippen molar-refractivity contribution in [1.29, 1.82) is 0 Å². The molecule has 1 aromatic rings. The number of ether oxygens (including phenoxy) is 1. The van der Waals surface area contributed by atoms with Gasteiger partial charge in [-0.15, -0.1) is 0 Å². The van der Waals surface area contributed by atoms with Crippen LogP contribution in [0.15, 0.2) is 46.9 Å². The number of hydrogen-bond acceptors (Lipinski definition) is 6. The summed E-state index contributed by atoms with van der Waals surface area (Å²) in [6, 6.07) is 3.71. The van der Waals surface area contributed by atoms with Crippen molar-refractivity contribution in [1.82, 2.24) is 15.3 Å². The minimum Gasteiger partial charge on any atom is -0.381 e. The van der Waals surface area contributed by atoms with E-state index in [1.165, 1.54) is 6.34 Å². The zero-order chi connectivity index (χ0) is 17.4. The standard InChI is InChI=1S/C17H23N5O2/c1-13(2)22(16-6-10-24-11-7-16)21-14(3)17(23)20-12-19-15-4-8-18-9-5-15/h4-5,8-9,12,16H,1,6-7,10-11H2,2-3H3,(H,18,19,20,23)/b21-14+. The van der Waals surface area contributed by atoms with E-state index in [0.29, 0.717) is 24.6 Å². The molecule has 0 bridgehead atoms. The highest BCUT2D eigenvalue weighted by Crippen LogP contribution is 2.18. The van der Waals surface area contributed by atoms with Crippen LogP contribution in [-0.4, -0.2) is 47.2 Å². The van der Waals surface area contributed by atoms with Gasteiger partial charge in [-0.25, -0.2) is 4.99 Å². The van der Waals surface area contributed by atoms with Crippen molar-refractivity contribution in [2.24, 2.45) is 10.1 Å². The monoisotopic (exact) mass is 329 g/mol. The molecule has 0 aliphatic carbocycles. The number of aliphatic imine (C=N–C) groups is 1. The highest BCUT2D eigenvalue weighted by atomic mass is 16.5. The van der Waals surface area contributed by atoms with Gasteiger partial charge in [0.1, 0.15) is 5.71 Å². The number of rotatable bonds is 6. The summed E-state index contributed by atoms with van der Waals surface area (Å²) < 4.78 is 5.37. The Labute approximate surface area is 142 Å². The van der Waals surface area contributed by atoms with Gasteiger partial charge in [0, 0.05) is 31.3 Å². The molecule has 7 nitrogen and oxygen atoms in total. The van der Waals surface area contributed by atoms with E-state index in [9.17, 15) is 4.79 Å². The van der Waals surface area contributed by atoms with E-state index in [1.807, 2.05) is 11.9 Å². The fourth-order valence-corrected chi connectivity index (χ4v) is 2.32. The SMILES string of the molecule is C=C(C)N(/N=C(\C)C(=O)NC=Nc1ccncc1)C1CCOCC1. The number of aromatic nitrogens is 1. The molecule has 24 heavy (non-hydrogen) atoms. The van der Waals surface area contributed by atoms with Crippen molar-refractivity contribution in [2.45, 2.75) is 32.7 Å². The number of nitrogens with one attached hydrogen (secondary N) is 1. The lowest BCUT2D eigenvalue weighted by Gasteiger charge is -2.32. The molecule has 0 atom stereocenters. The predicted molar refractivity (Wildman–Crippen MR) is 94.1 cm³/mol. The van der Waals surface area contributed by atoms with Crippen molar-refractivity contribution >= 4 is 23.6 Å². The molecule has 1 saturated heterocycles. The van der Waals surface area contributed by atoms with Crippen LogP contribution < -0.4 is 5.32 Å². The molecular formula is C17H23N5O2. The summed E-state index contributed by atoms with van der Waals surface area (Å²) in [7, 11) is 0. The largest absolute Gasteiger partial charge is 0.381 e. The number of carbonyl (C=O) groups is 1. The minimum atomic E-state index is -0.300. The number of nitrogens with zero attached hydrogens (tertiary/aromatic N) is 4. The van der Waals surface area contributed by atoms with Crippen LogP contribution in [0, 0.1) is 0 Å². The van der Waals surface area contributed by atoms with Gasteiger partial charge in [-0.3, -0.25) is 14.8 Å². The summed E-state index contributed by atoms with van der Waals surface area (Å²) in [4.78, 5) is 20.2. The first-order valence-electron chi connectivity index (χ1n) is 7.89. The molecule has 2 rings (SSSR count). The molecule has 0 spiro atoms. The molecule has 1 aliphatic rings. The topological polar surface area (TPSA) is 79.2 Å². The second kappa shape index (κ2) is 8.93. The first-order valence-corrected chi connectivity index (χ1v) is 7.89. The van der Waals surface area contributed by atoms with Crippen LogP contribution in [0.3, 0.4) is 0 Å². The lowest BCUT2D eigenvalue weighted by Crippen LogP contribution is -2.37. The predicted octanol–water partition coefficient (Wildman–Crippen LogP) is 2.25. The minimum absolute atomic E-state index is 0.212. The normalized spacial score (nSPS) is 16.2. The second-order valence-corrected chi connectivity index (χ2v) is 5.55. The first kappa shape index (κ1) is 17.8. The van der Waals surface area contributed by atoms with Gasteiger partial charge in [0.25, 0.3) is 5.91 Å². The lowest BCUT2D eigenvalue weighted by atomic mass is 10.1. The van der Waals surface area contributed by atoms with Crippen LogP contribution in [0.1, 0.15) is 26.7 Å². The highest BCUT2D eigenvalue weighted by Gasteiger charge is 2.21. The summed E-state index contributed by atoms with van der Waals surface area (Å²) >= 11 is 0. The van der Waals surface area contributed by atoms with Crippen molar-refractivity contribution in [2.75, 3.05) is 13.2 Å². The zero-order valence-electron chi connectivity index (χ0n) is 14.1. The Hall–Kier alpha value is -2.54. The summed E-state index contributed by atoms with van der Waals surface area (Å²) in [5.74, 6) is -0.300. The van der Waals surface area contributed by atoms with E-state index >= 15 is 0 Å². The molecule has 0 saturated carbocycles. The van der Waals surface area contributed by atoms with Crippen molar-refractivity contribution in [3.63, 3.8) is 0 Å². The quantitative estimate of drug-likeness (QED) is 0.493. The summed E-state index contributed by atoms with van der Waals surface area (Å²) in [6.45, 7) is 8.92. The van der Waals surface area contributed by atoms with E-state index in [1.54, 1.807) is 31.5 Å². The fraction of sp³-hybridized carbons (Fsp3) is 0.412. The van der Waals surface area contributed by atoms with E-state index in [2.05, 4.69) is 27.0 Å². The Kier molecular flexibility index (Phi) is 6.62. The van der Waals surface area contributed by atoms with Gasteiger partial charge >= 0.3 is 0 Å². The molecule has 2 heterocycles. The molecule has 1 aliphatic heterocycles. The molecule has 1 amide bonds. The summed E-state index contributed by atoms with van der Waals surface area (Å²) in [5.41, 5.74) is 1.87. The van der Waals surface area contributed by atoms with Gasteiger partial charge in [0.2, 0.25) is 0 Å². The molecule has 0 aromatic carbocycles. The van der Waals surface area contributed by atoms with Crippen LogP contribution in [0.2, 0.25) is 0 Å². The van der Waals surface area contributed by atoms with Crippen LogP contribution >= 0.6 is 0 Å². The molecule has 0 unspecified atom stereocenters. The molecule has 0 radical (unpaired) electrons. The van der Waals surface area contributed by atoms with Gasteiger partial charge in [-0.05, 0) is 38.8 Å². The third kappa shape index (κ3) is 5.27. The van der Waals surface area contributed by atoms with E-state index in [0.717, 1.165) is 18.5 Å². The second-order valence-electron chi connectivity index (χ2n) is 5.55. The molecule has 1 N–H and O–H groups in total. The van der Waals surface area contributed by atoms with Gasteiger partial charge in [-0.2, -0.15) is 5.10 Å². The van der Waals surface area contributed by atoms with Crippen LogP contribution in [0.4, 0.5) is 5.69 Å². The van der Waals surface area contributed by atoms with Crippen LogP contribution in [-0.2, 0) is 9.53 Å². The Morgan fingerprint density at radius 1 is 1.38 bits per heavy atom. The maximum absolute atomic E-state index is 12.1. The average Bonchev–Trinajstić information content (AvgIpc) is 2.60. The number of hydrazone groups is 1. The zero-order valence-corrected chi connectivity index (χ0v) is 14.1. The van der Waals surface area contributed by atoms with Gasteiger partial charge in [0.15, 0.2) is 0 Å². The first-order chi connectivity index (χ1) is 11.6. The fourth-order valence-electron chi connectivity index (χ4n) is 2.32. The molecule has 1 fully saturated rings. The molecule has 7 heteroatoms. The third-order valence-electron chi connectivity index (χ3n) is 3.59. The molecular weight excluding hydrogens is 306 g/mol. The number of pyridine rings is 1. The Balaban J connectivity index is 1.97. The van der Waals surface area contributed by atoms with Crippen molar-refractivity contribution < 1.29 is 9.53 Å². The average molecular weight is 329 g/mol. The smallest absolute Gasteiger partial charge is 0.272 e. The van der Waals surface area contributed by atoms with E-state index in [-0.39, 0.29) is 11.9 Å². The Bertz CT molecular complexity index is 621. The lowest BCUT2D eigenvalue weighted by molar-refractivity contribution is -0.113. The molecule has 1 aromatic heterocycles. The molecule has 128 valence electrons. The van der Waals surface area contributed by atoms with Crippen molar-refractivity contribution in [3.05, 3.63) is 36.8 Å². The number of hydrogen-bond donors (Lipinski definition) is 1. The van der Waals surface area contributed by atoms with E-state index in [4.69, 9.17) is 4.74 Å². The summed E-state index contributed by atoms with van der Waals surface area (Å²) in [5, 5.41) is 8.87. The maximum atomic E-state index is 12.1.